The molecule has 0 aliphatic heterocycles. The van der Waals surface area contributed by atoms with E-state index in [0.717, 1.165) is 5.69 Å². The fraction of sp³-hybridized carbons (Fsp3) is 0.333. The molecule has 110 valence electrons. The van der Waals surface area contributed by atoms with E-state index in [0.29, 0.717) is 18.4 Å². The molecule has 0 bridgehead atoms. The molecule has 1 heterocycles. The minimum absolute atomic E-state index is 0.195. The molecule has 1 aliphatic carbocycles. The average Bonchev–Trinajstić information content (AvgIpc) is 3.10. The van der Waals surface area contributed by atoms with E-state index in [9.17, 15) is 15.0 Å². The summed E-state index contributed by atoms with van der Waals surface area (Å²) in [6.07, 6.45) is 4.40. The van der Waals surface area contributed by atoms with Crippen molar-refractivity contribution in [3.05, 3.63) is 48.5 Å². The lowest BCUT2D eigenvalue weighted by atomic mass is 10.1. The molecule has 3 atom stereocenters. The molecule has 1 fully saturated rings. The van der Waals surface area contributed by atoms with Crippen LogP contribution in [0.4, 0.5) is 0 Å². The maximum Gasteiger partial charge on any atom is 0.251 e. The Kier molecular flexibility index (Phi) is 3.72. The molecule has 1 aromatic carbocycles. The molecule has 21 heavy (non-hydrogen) atoms. The topological polar surface area (TPSA) is 87.4 Å². The third-order valence-corrected chi connectivity index (χ3v) is 3.74. The Labute approximate surface area is 122 Å². The van der Waals surface area contributed by atoms with Gasteiger partial charge in [0, 0.05) is 29.7 Å². The normalized spacial score (nSPS) is 25.0. The molecule has 1 aromatic heterocycles. The fourth-order valence-electron chi connectivity index (χ4n) is 2.60. The number of nitrogens with zero attached hydrogens (tertiary/aromatic N) is 2. The van der Waals surface area contributed by atoms with Crippen LogP contribution in [0, 0.1) is 0 Å². The summed E-state index contributed by atoms with van der Waals surface area (Å²) in [6, 6.07) is 7.01. The molecular weight excluding hydrogens is 270 g/mol. The van der Waals surface area contributed by atoms with E-state index in [1.807, 2.05) is 16.7 Å². The second kappa shape index (κ2) is 5.67. The molecule has 6 nitrogen and oxygen atoms in total. The predicted octanol–water partition coefficient (Wildman–Crippen LogP) is 0.486. The Morgan fingerprint density at radius 2 is 2.05 bits per heavy atom. The minimum atomic E-state index is -0.757. The van der Waals surface area contributed by atoms with Gasteiger partial charge in [-0.1, -0.05) is 6.07 Å². The van der Waals surface area contributed by atoms with Gasteiger partial charge in [-0.3, -0.25) is 4.79 Å². The Bertz CT molecular complexity index is 617. The standard InChI is InChI=1S/C15H17N3O3/c19-13-7-11(8-14(13)20)17-15(21)10-2-1-3-12(6-10)18-5-4-16-9-18/h1-6,9,11,13-14,19-20H,7-8H2,(H,17,21)/t11?,13-,14+. The molecule has 3 N–H and O–H groups in total. The van der Waals surface area contributed by atoms with Crippen LogP contribution in [0.15, 0.2) is 43.0 Å². The van der Waals surface area contributed by atoms with Crippen molar-refractivity contribution in [1.29, 1.82) is 0 Å². The maximum atomic E-state index is 12.2. The van der Waals surface area contributed by atoms with Gasteiger partial charge in [-0.25, -0.2) is 4.98 Å². The zero-order valence-electron chi connectivity index (χ0n) is 11.4. The third-order valence-electron chi connectivity index (χ3n) is 3.74. The molecule has 0 saturated heterocycles. The first-order valence-electron chi connectivity index (χ1n) is 6.89. The highest BCUT2D eigenvalue weighted by Gasteiger charge is 2.32. The van der Waals surface area contributed by atoms with Crippen LogP contribution in [-0.4, -0.2) is 43.9 Å². The van der Waals surface area contributed by atoms with Gasteiger partial charge < -0.3 is 20.1 Å². The second-order valence-electron chi connectivity index (χ2n) is 5.30. The minimum Gasteiger partial charge on any atom is -0.390 e. The predicted molar refractivity (Wildman–Crippen MR) is 76.1 cm³/mol. The van der Waals surface area contributed by atoms with E-state index in [4.69, 9.17) is 0 Å². The Morgan fingerprint density at radius 1 is 1.29 bits per heavy atom. The number of nitrogens with one attached hydrogen (secondary N) is 1. The Balaban J connectivity index is 1.72. The smallest absolute Gasteiger partial charge is 0.251 e. The lowest BCUT2D eigenvalue weighted by Gasteiger charge is -2.12. The second-order valence-corrected chi connectivity index (χ2v) is 5.30. The van der Waals surface area contributed by atoms with E-state index in [1.54, 1.807) is 30.9 Å². The van der Waals surface area contributed by atoms with Crippen LogP contribution >= 0.6 is 0 Å². The number of aromatic nitrogens is 2. The maximum absolute atomic E-state index is 12.2. The van der Waals surface area contributed by atoms with Crippen molar-refractivity contribution >= 4 is 5.91 Å². The highest BCUT2D eigenvalue weighted by molar-refractivity contribution is 5.94. The lowest BCUT2D eigenvalue weighted by molar-refractivity contribution is 0.0438. The van der Waals surface area contributed by atoms with Crippen molar-refractivity contribution in [3.8, 4) is 5.69 Å². The summed E-state index contributed by atoms with van der Waals surface area (Å²) in [4.78, 5) is 16.2. The first kappa shape index (κ1) is 13.8. The van der Waals surface area contributed by atoms with Crippen molar-refractivity contribution in [2.75, 3.05) is 0 Å². The van der Waals surface area contributed by atoms with Crippen molar-refractivity contribution < 1.29 is 15.0 Å². The highest BCUT2D eigenvalue weighted by atomic mass is 16.3. The Hall–Kier alpha value is -2.18. The van der Waals surface area contributed by atoms with Crippen LogP contribution in [-0.2, 0) is 0 Å². The molecule has 3 rings (SSSR count). The molecule has 1 unspecified atom stereocenters. The molecule has 1 aliphatic rings. The van der Waals surface area contributed by atoms with Gasteiger partial charge in [0.25, 0.3) is 5.91 Å². The summed E-state index contributed by atoms with van der Waals surface area (Å²) >= 11 is 0. The molecule has 1 saturated carbocycles. The number of amides is 1. The van der Waals surface area contributed by atoms with Crippen molar-refractivity contribution in [3.63, 3.8) is 0 Å². The van der Waals surface area contributed by atoms with Gasteiger partial charge in [-0.05, 0) is 31.0 Å². The van der Waals surface area contributed by atoms with E-state index in [1.165, 1.54) is 0 Å². The van der Waals surface area contributed by atoms with Crippen molar-refractivity contribution in [2.45, 2.75) is 31.1 Å². The number of aliphatic hydroxyl groups is 2. The quantitative estimate of drug-likeness (QED) is 0.766. The van der Waals surface area contributed by atoms with Crippen LogP contribution in [0.5, 0.6) is 0 Å². The summed E-state index contributed by atoms with van der Waals surface area (Å²) in [5.74, 6) is -0.205. The van der Waals surface area contributed by atoms with Crippen LogP contribution in [0.25, 0.3) is 5.69 Å². The molecule has 1 amide bonds. The van der Waals surface area contributed by atoms with Gasteiger partial charge in [0.15, 0.2) is 0 Å². The SMILES string of the molecule is O=C(NC1C[C@@H](O)[C@@H](O)C1)c1cccc(-n2ccnc2)c1. The summed E-state index contributed by atoms with van der Waals surface area (Å²) in [6.45, 7) is 0. The van der Waals surface area contributed by atoms with Crippen LogP contribution in [0.1, 0.15) is 23.2 Å². The molecule has 6 heteroatoms. The zero-order valence-corrected chi connectivity index (χ0v) is 11.4. The molecule has 0 spiro atoms. The largest absolute Gasteiger partial charge is 0.390 e. The van der Waals surface area contributed by atoms with Crippen LogP contribution in [0.3, 0.4) is 0 Å². The summed E-state index contributed by atoms with van der Waals surface area (Å²) in [5.41, 5.74) is 1.39. The van der Waals surface area contributed by atoms with Gasteiger partial charge in [-0.2, -0.15) is 0 Å². The molecular formula is C15H17N3O3. The van der Waals surface area contributed by atoms with E-state index in [2.05, 4.69) is 10.3 Å². The Morgan fingerprint density at radius 3 is 2.71 bits per heavy atom. The monoisotopic (exact) mass is 287 g/mol. The van der Waals surface area contributed by atoms with Gasteiger partial charge in [0.1, 0.15) is 0 Å². The number of hydrogen-bond acceptors (Lipinski definition) is 4. The average molecular weight is 287 g/mol. The third kappa shape index (κ3) is 2.96. The van der Waals surface area contributed by atoms with Crippen LogP contribution < -0.4 is 5.32 Å². The summed E-state index contributed by atoms with van der Waals surface area (Å²) in [5, 5.41) is 21.9. The first-order valence-corrected chi connectivity index (χ1v) is 6.89. The van der Waals surface area contributed by atoms with Crippen LogP contribution in [0.2, 0.25) is 0 Å². The fourth-order valence-corrected chi connectivity index (χ4v) is 2.60. The van der Waals surface area contributed by atoms with Crippen molar-refractivity contribution in [2.24, 2.45) is 0 Å². The van der Waals surface area contributed by atoms with Gasteiger partial charge in [-0.15, -0.1) is 0 Å². The number of hydrogen-bond donors (Lipinski definition) is 3. The van der Waals surface area contributed by atoms with E-state index < -0.39 is 12.2 Å². The molecule has 0 radical (unpaired) electrons. The molecule has 2 aromatic rings. The number of carbonyl (C=O) groups excluding carboxylic acids is 1. The summed E-state index contributed by atoms with van der Waals surface area (Å²) in [7, 11) is 0. The van der Waals surface area contributed by atoms with Gasteiger partial charge >= 0.3 is 0 Å². The number of benzene rings is 1. The lowest BCUT2D eigenvalue weighted by Crippen LogP contribution is -2.33. The number of rotatable bonds is 3. The highest BCUT2D eigenvalue weighted by Crippen LogP contribution is 2.20. The van der Waals surface area contributed by atoms with E-state index in [-0.39, 0.29) is 11.9 Å². The van der Waals surface area contributed by atoms with E-state index >= 15 is 0 Å². The zero-order chi connectivity index (χ0) is 14.8. The van der Waals surface area contributed by atoms with Gasteiger partial charge in [0.05, 0.1) is 18.5 Å². The first-order chi connectivity index (χ1) is 10.1. The summed E-state index contributed by atoms with van der Waals surface area (Å²) < 4.78 is 1.82. The number of carbonyl (C=O) groups is 1. The van der Waals surface area contributed by atoms with Crippen molar-refractivity contribution in [1.82, 2.24) is 14.9 Å². The number of aliphatic hydroxyl groups excluding tert-OH is 2. The van der Waals surface area contributed by atoms with Gasteiger partial charge in [0.2, 0.25) is 0 Å². The number of imidazole rings is 1.